The second-order valence-corrected chi connectivity index (χ2v) is 5.33. The second-order valence-electron chi connectivity index (χ2n) is 5.33. The molecule has 1 aliphatic rings. The molecule has 0 aliphatic heterocycles. The highest BCUT2D eigenvalue weighted by molar-refractivity contribution is 5.39. The van der Waals surface area contributed by atoms with Crippen LogP contribution in [-0.4, -0.2) is 13.7 Å². The molecule has 0 atom stereocenters. The van der Waals surface area contributed by atoms with E-state index in [4.69, 9.17) is 9.47 Å². The molecular formula is C18H20O2. The summed E-state index contributed by atoms with van der Waals surface area (Å²) in [7, 11) is 1.68. The number of ether oxygens (including phenoxy) is 2. The van der Waals surface area contributed by atoms with Crippen LogP contribution in [-0.2, 0) is 12.8 Å². The van der Waals surface area contributed by atoms with Crippen molar-refractivity contribution in [3.8, 4) is 11.5 Å². The Labute approximate surface area is 120 Å². The summed E-state index contributed by atoms with van der Waals surface area (Å²) in [5.74, 6) is 2.36. The summed E-state index contributed by atoms with van der Waals surface area (Å²) in [6, 6.07) is 16.6. The molecule has 2 nitrogen and oxygen atoms in total. The maximum atomic E-state index is 5.86. The van der Waals surface area contributed by atoms with Crippen LogP contribution in [0.25, 0.3) is 0 Å². The molecule has 2 heteroatoms. The molecule has 0 saturated heterocycles. The lowest BCUT2D eigenvalue weighted by Crippen LogP contribution is -2.07. The van der Waals surface area contributed by atoms with Gasteiger partial charge in [0.15, 0.2) is 11.5 Å². The molecule has 0 saturated carbocycles. The molecule has 0 amide bonds. The normalized spacial score (nSPS) is 14.1. The number of hydrogen-bond acceptors (Lipinski definition) is 2. The standard InChI is InChI=1S/C18H20O2/c1-19-17-8-4-5-9-18(17)20-11-10-14-12-15-6-2-3-7-16(15)13-14/h2-9,14H,10-13H2,1H3. The first-order valence-electron chi connectivity index (χ1n) is 7.19. The predicted octanol–water partition coefficient (Wildman–Crippen LogP) is 3.88. The van der Waals surface area contributed by atoms with Crippen molar-refractivity contribution < 1.29 is 9.47 Å². The van der Waals surface area contributed by atoms with E-state index in [2.05, 4.69) is 24.3 Å². The molecule has 0 heterocycles. The molecule has 0 aromatic heterocycles. The van der Waals surface area contributed by atoms with Crippen LogP contribution in [0.1, 0.15) is 17.5 Å². The molecule has 2 aromatic carbocycles. The van der Waals surface area contributed by atoms with Crippen LogP contribution in [0.5, 0.6) is 11.5 Å². The van der Waals surface area contributed by atoms with E-state index in [1.54, 1.807) is 7.11 Å². The Kier molecular flexibility index (Phi) is 3.91. The van der Waals surface area contributed by atoms with Crippen molar-refractivity contribution in [1.82, 2.24) is 0 Å². The van der Waals surface area contributed by atoms with Crippen LogP contribution in [0.2, 0.25) is 0 Å². The van der Waals surface area contributed by atoms with E-state index in [-0.39, 0.29) is 0 Å². The fourth-order valence-corrected chi connectivity index (χ4v) is 2.93. The smallest absolute Gasteiger partial charge is 0.161 e. The summed E-state index contributed by atoms with van der Waals surface area (Å²) in [6.45, 7) is 0.749. The molecule has 20 heavy (non-hydrogen) atoms. The molecule has 0 unspecified atom stereocenters. The van der Waals surface area contributed by atoms with Crippen molar-refractivity contribution >= 4 is 0 Å². The van der Waals surface area contributed by atoms with Crippen molar-refractivity contribution in [2.75, 3.05) is 13.7 Å². The first kappa shape index (κ1) is 13.0. The zero-order valence-corrected chi connectivity index (χ0v) is 11.8. The lowest BCUT2D eigenvalue weighted by atomic mass is 10.0. The van der Waals surface area contributed by atoms with Gasteiger partial charge in [0.2, 0.25) is 0 Å². The predicted molar refractivity (Wildman–Crippen MR) is 80.4 cm³/mol. The van der Waals surface area contributed by atoms with Crippen LogP contribution < -0.4 is 9.47 Å². The van der Waals surface area contributed by atoms with Crippen LogP contribution in [0.15, 0.2) is 48.5 Å². The molecule has 104 valence electrons. The van der Waals surface area contributed by atoms with Gasteiger partial charge in [-0.1, -0.05) is 36.4 Å². The number of para-hydroxylation sites is 2. The van der Waals surface area contributed by atoms with E-state index in [1.165, 1.54) is 24.0 Å². The average molecular weight is 268 g/mol. The minimum absolute atomic E-state index is 0.710. The monoisotopic (exact) mass is 268 g/mol. The van der Waals surface area contributed by atoms with Crippen LogP contribution >= 0.6 is 0 Å². The highest BCUT2D eigenvalue weighted by Crippen LogP contribution is 2.30. The topological polar surface area (TPSA) is 18.5 Å². The first-order chi connectivity index (χ1) is 9.86. The van der Waals surface area contributed by atoms with E-state index >= 15 is 0 Å². The molecule has 2 aromatic rings. The Hall–Kier alpha value is -1.96. The SMILES string of the molecule is COc1ccccc1OCCC1Cc2ccccc2C1. The van der Waals surface area contributed by atoms with Crippen molar-refractivity contribution in [2.24, 2.45) is 5.92 Å². The van der Waals surface area contributed by atoms with Crippen molar-refractivity contribution in [1.29, 1.82) is 0 Å². The third kappa shape index (κ3) is 2.79. The summed E-state index contributed by atoms with van der Waals surface area (Å²) in [5, 5.41) is 0. The maximum Gasteiger partial charge on any atom is 0.161 e. The summed E-state index contributed by atoms with van der Waals surface area (Å²) >= 11 is 0. The van der Waals surface area contributed by atoms with E-state index in [9.17, 15) is 0 Å². The van der Waals surface area contributed by atoms with Gasteiger partial charge in [-0.25, -0.2) is 0 Å². The van der Waals surface area contributed by atoms with E-state index < -0.39 is 0 Å². The molecule has 0 N–H and O–H groups in total. The number of fused-ring (bicyclic) bond motifs is 1. The average Bonchev–Trinajstić information content (AvgIpc) is 2.90. The molecule has 0 spiro atoms. The highest BCUT2D eigenvalue weighted by Gasteiger charge is 2.20. The van der Waals surface area contributed by atoms with E-state index in [0.717, 1.165) is 24.5 Å². The zero-order chi connectivity index (χ0) is 13.8. The fourth-order valence-electron chi connectivity index (χ4n) is 2.93. The number of methoxy groups -OCH3 is 1. The summed E-state index contributed by atoms with van der Waals surface area (Å²) in [5.41, 5.74) is 3.02. The van der Waals surface area contributed by atoms with Gasteiger partial charge in [0.25, 0.3) is 0 Å². The number of rotatable bonds is 5. The summed E-state index contributed by atoms with van der Waals surface area (Å²) in [4.78, 5) is 0. The Morgan fingerprint density at radius 3 is 2.15 bits per heavy atom. The second kappa shape index (κ2) is 6.00. The molecule has 3 rings (SSSR count). The van der Waals surface area contributed by atoms with Gasteiger partial charge in [-0.15, -0.1) is 0 Å². The van der Waals surface area contributed by atoms with Gasteiger partial charge < -0.3 is 9.47 Å². The fraction of sp³-hybridized carbons (Fsp3) is 0.333. The lowest BCUT2D eigenvalue weighted by molar-refractivity contribution is 0.266. The van der Waals surface area contributed by atoms with Crippen LogP contribution in [0, 0.1) is 5.92 Å². The van der Waals surface area contributed by atoms with Crippen molar-refractivity contribution in [2.45, 2.75) is 19.3 Å². The molecular weight excluding hydrogens is 248 g/mol. The Morgan fingerprint density at radius 1 is 0.900 bits per heavy atom. The molecule has 0 fully saturated rings. The summed E-state index contributed by atoms with van der Waals surface area (Å²) < 4.78 is 11.2. The third-order valence-corrected chi connectivity index (χ3v) is 3.99. The molecule has 0 bridgehead atoms. The van der Waals surface area contributed by atoms with Gasteiger partial charge >= 0.3 is 0 Å². The highest BCUT2D eigenvalue weighted by atomic mass is 16.5. The van der Waals surface area contributed by atoms with Crippen molar-refractivity contribution in [3.05, 3.63) is 59.7 Å². The van der Waals surface area contributed by atoms with Gasteiger partial charge in [0.05, 0.1) is 13.7 Å². The number of benzene rings is 2. The van der Waals surface area contributed by atoms with Crippen LogP contribution in [0.3, 0.4) is 0 Å². The van der Waals surface area contributed by atoms with Gasteiger partial charge in [-0.2, -0.15) is 0 Å². The molecule has 0 radical (unpaired) electrons. The van der Waals surface area contributed by atoms with Gasteiger partial charge in [0.1, 0.15) is 0 Å². The quantitative estimate of drug-likeness (QED) is 0.819. The first-order valence-corrected chi connectivity index (χ1v) is 7.19. The van der Waals surface area contributed by atoms with E-state index in [1.807, 2.05) is 24.3 Å². The zero-order valence-electron chi connectivity index (χ0n) is 11.8. The minimum Gasteiger partial charge on any atom is -0.493 e. The van der Waals surface area contributed by atoms with Crippen molar-refractivity contribution in [3.63, 3.8) is 0 Å². The summed E-state index contributed by atoms with van der Waals surface area (Å²) in [6.07, 6.45) is 3.46. The Balaban J connectivity index is 1.52. The third-order valence-electron chi connectivity index (χ3n) is 3.99. The maximum absolute atomic E-state index is 5.86. The molecule has 1 aliphatic carbocycles. The van der Waals surface area contributed by atoms with Crippen LogP contribution in [0.4, 0.5) is 0 Å². The lowest BCUT2D eigenvalue weighted by Gasteiger charge is -2.12. The van der Waals surface area contributed by atoms with E-state index in [0.29, 0.717) is 5.92 Å². The number of hydrogen-bond donors (Lipinski definition) is 0. The van der Waals surface area contributed by atoms with Gasteiger partial charge in [-0.05, 0) is 48.4 Å². The Morgan fingerprint density at radius 2 is 1.50 bits per heavy atom. The van der Waals surface area contributed by atoms with Gasteiger partial charge in [0, 0.05) is 0 Å². The Bertz CT molecular complexity index is 552. The largest absolute Gasteiger partial charge is 0.493 e. The van der Waals surface area contributed by atoms with Gasteiger partial charge in [-0.3, -0.25) is 0 Å². The minimum atomic E-state index is 0.710.